The number of nitrogens with one attached hydrogen (secondary N) is 2. The predicted octanol–water partition coefficient (Wildman–Crippen LogP) is 2.55. The van der Waals surface area contributed by atoms with Crippen molar-refractivity contribution in [2.24, 2.45) is 0 Å². The van der Waals surface area contributed by atoms with Gasteiger partial charge < -0.3 is 4.90 Å². The number of para-hydroxylation sites is 1. The largest absolute Gasteiger partial charge is 0.362 e. The predicted molar refractivity (Wildman–Crippen MR) is 94.0 cm³/mol. The Balaban J connectivity index is 1.55. The molecule has 0 aromatic heterocycles. The Morgan fingerprint density at radius 3 is 2.58 bits per heavy atom. The number of hydrogen-bond acceptors (Lipinski definition) is 3. The molecule has 24 heavy (non-hydrogen) atoms. The van der Waals surface area contributed by atoms with Gasteiger partial charge >= 0.3 is 0 Å². The van der Waals surface area contributed by atoms with Crippen LogP contribution in [0.15, 0.2) is 48.5 Å². The first-order valence-corrected chi connectivity index (χ1v) is 8.19. The van der Waals surface area contributed by atoms with Crippen molar-refractivity contribution < 1.29 is 9.59 Å². The number of nitrogens with zero attached hydrogens (tertiary/aromatic N) is 1. The highest BCUT2D eigenvalue weighted by atomic mass is 35.5. The highest BCUT2D eigenvalue weighted by Crippen LogP contribution is 2.26. The number of carbonyl (C=O) groups excluding carboxylic acids is 2. The minimum absolute atomic E-state index is 0.206. The summed E-state index contributed by atoms with van der Waals surface area (Å²) in [5.41, 5.74) is 7.66. The third-order valence-corrected chi connectivity index (χ3v) is 4.21. The van der Waals surface area contributed by atoms with E-state index in [0.717, 1.165) is 25.1 Å². The summed E-state index contributed by atoms with van der Waals surface area (Å²) in [7, 11) is 0. The van der Waals surface area contributed by atoms with Crippen molar-refractivity contribution in [1.29, 1.82) is 0 Å². The molecule has 0 saturated heterocycles. The zero-order chi connectivity index (χ0) is 16.9. The van der Waals surface area contributed by atoms with Gasteiger partial charge in [0.15, 0.2) is 0 Å². The Kier molecular flexibility index (Phi) is 5.01. The second-order valence-corrected chi connectivity index (χ2v) is 6.10. The van der Waals surface area contributed by atoms with Crippen LogP contribution in [0.4, 0.5) is 5.69 Å². The van der Waals surface area contributed by atoms with Crippen molar-refractivity contribution in [2.45, 2.75) is 12.8 Å². The quantitative estimate of drug-likeness (QED) is 0.842. The number of fused-ring (bicyclic) bond motifs is 1. The summed E-state index contributed by atoms with van der Waals surface area (Å²) in [4.78, 5) is 26.1. The van der Waals surface area contributed by atoms with Crippen LogP contribution in [-0.4, -0.2) is 24.9 Å². The van der Waals surface area contributed by atoms with Gasteiger partial charge in [0.05, 0.1) is 6.54 Å². The summed E-state index contributed by atoms with van der Waals surface area (Å²) < 4.78 is 0. The number of hydrazine groups is 1. The van der Waals surface area contributed by atoms with Gasteiger partial charge in [0, 0.05) is 22.8 Å². The van der Waals surface area contributed by atoms with Crippen LogP contribution in [0.2, 0.25) is 5.02 Å². The molecule has 6 heteroatoms. The number of halogens is 1. The summed E-state index contributed by atoms with van der Waals surface area (Å²) in [5.74, 6) is -0.631. The van der Waals surface area contributed by atoms with Gasteiger partial charge in [-0.05, 0) is 48.7 Å². The van der Waals surface area contributed by atoms with Crippen molar-refractivity contribution >= 4 is 29.1 Å². The molecule has 1 aliphatic rings. The fourth-order valence-electron chi connectivity index (χ4n) is 2.79. The van der Waals surface area contributed by atoms with Gasteiger partial charge in [0.25, 0.3) is 11.8 Å². The highest BCUT2D eigenvalue weighted by Gasteiger charge is 2.18. The molecule has 2 aromatic carbocycles. The Morgan fingerprint density at radius 1 is 1.04 bits per heavy atom. The van der Waals surface area contributed by atoms with Crippen LogP contribution in [0, 0.1) is 0 Å². The van der Waals surface area contributed by atoms with E-state index in [1.165, 1.54) is 5.56 Å². The van der Waals surface area contributed by atoms with Crippen LogP contribution in [0.1, 0.15) is 22.3 Å². The van der Waals surface area contributed by atoms with Crippen LogP contribution in [0.3, 0.4) is 0 Å². The Morgan fingerprint density at radius 2 is 1.79 bits per heavy atom. The maximum Gasteiger partial charge on any atom is 0.269 e. The van der Waals surface area contributed by atoms with E-state index in [2.05, 4.69) is 16.9 Å². The lowest BCUT2D eigenvalue weighted by molar-refractivity contribution is -0.120. The topological polar surface area (TPSA) is 61.4 Å². The standard InChI is InChI=1S/C18H18ClN3O2/c19-15-9-7-14(8-10-15)18(24)21-20-17(23)12-22-11-3-5-13-4-1-2-6-16(13)22/h1-2,4,6-10H,3,5,11-12H2,(H,20,23)(H,21,24). The lowest BCUT2D eigenvalue weighted by Crippen LogP contribution is -2.47. The average Bonchev–Trinajstić information content (AvgIpc) is 2.61. The molecule has 1 heterocycles. The summed E-state index contributed by atoms with van der Waals surface area (Å²) in [6.45, 7) is 1.04. The Labute approximate surface area is 145 Å². The SMILES string of the molecule is O=C(CN1CCCc2ccccc21)NNC(=O)c1ccc(Cl)cc1. The molecule has 1 aliphatic heterocycles. The molecule has 3 rings (SSSR count). The molecule has 0 aliphatic carbocycles. The van der Waals surface area contributed by atoms with Crippen molar-refractivity contribution in [3.05, 3.63) is 64.7 Å². The van der Waals surface area contributed by atoms with E-state index >= 15 is 0 Å². The van der Waals surface area contributed by atoms with Gasteiger partial charge in [-0.1, -0.05) is 29.8 Å². The molecule has 124 valence electrons. The number of anilines is 1. The van der Waals surface area contributed by atoms with Gasteiger partial charge in [-0.25, -0.2) is 0 Å². The molecule has 0 spiro atoms. The van der Waals surface area contributed by atoms with Gasteiger partial charge in [0.1, 0.15) is 0 Å². The van der Waals surface area contributed by atoms with Gasteiger partial charge in [0.2, 0.25) is 0 Å². The summed E-state index contributed by atoms with van der Waals surface area (Å²) in [5, 5.41) is 0.555. The molecule has 0 radical (unpaired) electrons. The maximum absolute atomic E-state index is 12.1. The van der Waals surface area contributed by atoms with E-state index < -0.39 is 0 Å². The lowest BCUT2D eigenvalue weighted by atomic mass is 10.0. The van der Waals surface area contributed by atoms with Crippen LogP contribution in [0.25, 0.3) is 0 Å². The van der Waals surface area contributed by atoms with Crippen LogP contribution in [-0.2, 0) is 11.2 Å². The third-order valence-electron chi connectivity index (χ3n) is 3.96. The second-order valence-electron chi connectivity index (χ2n) is 5.66. The van der Waals surface area contributed by atoms with Crippen LogP contribution in [0.5, 0.6) is 0 Å². The first-order chi connectivity index (χ1) is 11.6. The molecule has 2 N–H and O–H groups in total. The lowest BCUT2D eigenvalue weighted by Gasteiger charge is -2.30. The van der Waals surface area contributed by atoms with E-state index in [1.54, 1.807) is 24.3 Å². The summed E-state index contributed by atoms with van der Waals surface area (Å²) in [6.07, 6.45) is 2.04. The number of carbonyl (C=O) groups is 2. The zero-order valence-electron chi connectivity index (χ0n) is 13.1. The van der Waals surface area contributed by atoms with E-state index in [0.29, 0.717) is 10.6 Å². The fourth-order valence-corrected chi connectivity index (χ4v) is 2.91. The molecule has 2 amide bonds. The molecule has 0 atom stereocenters. The number of rotatable bonds is 3. The highest BCUT2D eigenvalue weighted by molar-refractivity contribution is 6.30. The van der Waals surface area contributed by atoms with E-state index in [1.807, 2.05) is 23.1 Å². The van der Waals surface area contributed by atoms with Crippen LogP contribution >= 0.6 is 11.6 Å². The van der Waals surface area contributed by atoms with Gasteiger partial charge in [-0.3, -0.25) is 20.4 Å². The molecule has 0 fully saturated rings. The van der Waals surface area contributed by atoms with E-state index in [-0.39, 0.29) is 18.4 Å². The average molecular weight is 344 g/mol. The summed E-state index contributed by atoms with van der Waals surface area (Å²) in [6, 6.07) is 14.5. The second kappa shape index (κ2) is 7.36. The molecular weight excluding hydrogens is 326 g/mol. The third kappa shape index (κ3) is 3.86. The fraction of sp³-hybridized carbons (Fsp3) is 0.222. The normalized spacial score (nSPS) is 13.1. The van der Waals surface area contributed by atoms with Crippen molar-refractivity contribution in [3.8, 4) is 0 Å². The smallest absolute Gasteiger partial charge is 0.269 e. The monoisotopic (exact) mass is 343 g/mol. The van der Waals surface area contributed by atoms with E-state index in [9.17, 15) is 9.59 Å². The maximum atomic E-state index is 12.1. The van der Waals surface area contributed by atoms with Crippen molar-refractivity contribution in [1.82, 2.24) is 10.9 Å². The molecule has 0 bridgehead atoms. The van der Waals surface area contributed by atoms with Crippen LogP contribution < -0.4 is 15.8 Å². The molecular formula is C18H18ClN3O2. The first-order valence-electron chi connectivity index (χ1n) is 7.81. The molecule has 2 aromatic rings. The molecule has 0 saturated carbocycles. The Hall–Kier alpha value is -2.53. The van der Waals surface area contributed by atoms with Gasteiger partial charge in [-0.2, -0.15) is 0 Å². The van der Waals surface area contributed by atoms with Gasteiger partial charge in [-0.15, -0.1) is 0 Å². The number of aryl methyl sites for hydroxylation is 1. The zero-order valence-corrected chi connectivity index (χ0v) is 13.8. The minimum atomic E-state index is -0.376. The van der Waals surface area contributed by atoms with E-state index in [4.69, 9.17) is 11.6 Å². The number of hydrogen-bond donors (Lipinski definition) is 2. The molecule has 5 nitrogen and oxygen atoms in total. The summed E-state index contributed by atoms with van der Waals surface area (Å²) >= 11 is 5.79. The number of benzene rings is 2. The molecule has 0 unspecified atom stereocenters. The van der Waals surface area contributed by atoms with Crippen molar-refractivity contribution in [3.63, 3.8) is 0 Å². The van der Waals surface area contributed by atoms with Crippen molar-refractivity contribution in [2.75, 3.05) is 18.0 Å². The Bertz CT molecular complexity index is 746. The first kappa shape index (κ1) is 16.3. The minimum Gasteiger partial charge on any atom is -0.362 e. The number of amides is 2.